The summed E-state index contributed by atoms with van der Waals surface area (Å²) in [4.78, 5) is 50.6. The van der Waals surface area contributed by atoms with Crippen molar-refractivity contribution in [2.24, 2.45) is 5.92 Å². The zero-order valence-electron chi connectivity index (χ0n) is 17.4. The molecule has 2 aromatic rings. The van der Waals surface area contributed by atoms with Crippen molar-refractivity contribution in [2.45, 2.75) is 27.7 Å². The highest BCUT2D eigenvalue weighted by Crippen LogP contribution is 2.25. The lowest BCUT2D eigenvalue weighted by Gasteiger charge is -2.15. The lowest BCUT2D eigenvalue weighted by atomic mass is 10.1. The summed E-state index contributed by atoms with van der Waals surface area (Å²) in [7, 11) is 0. The van der Waals surface area contributed by atoms with Gasteiger partial charge in [-0.05, 0) is 49.6 Å². The highest BCUT2D eigenvalue weighted by atomic mass is 16.5. The van der Waals surface area contributed by atoms with Crippen LogP contribution in [0.2, 0.25) is 0 Å². The Morgan fingerprint density at radius 3 is 2.37 bits per heavy atom. The summed E-state index contributed by atoms with van der Waals surface area (Å²) in [6, 6.07) is 9.82. The molecule has 0 fully saturated rings. The number of esters is 1. The summed E-state index contributed by atoms with van der Waals surface area (Å²) in [6.45, 7) is 7.50. The van der Waals surface area contributed by atoms with E-state index in [0.29, 0.717) is 12.2 Å². The minimum atomic E-state index is -0.740. The molecule has 1 heterocycles. The molecule has 1 aliphatic heterocycles. The molecule has 0 bridgehead atoms. The summed E-state index contributed by atoms with van der Waals surface area (Å²) in [5, 5.41) is 2.70. The van der Waals surface area contributed by atoms with E-state index in [1.807, 2.05) is 39.8 Å². The molecule has 0 radical (unpaired) electrons. The molecule has 0 saturated carbocycles. The Bertz CT molecular complexity index is 1040. The number of aryl methyl sites for hydroxylation is 2. The number of amides is 3. The number of hydrogen-bond donors (Lipinski definition) is 1. The number of fused-ring (bicyclic) bond motifs is 1. The predicted octanol–water partition coefficient (Wildman–Crippen LogP) is 3.35. The fourth-order valence-corrected chi connectivity index (χ4v) is 3.30. The van der Waals surface area contributed by atoms with Gasteiger partial charge in [0.2, 0.25) is 0 Å². The standard InChI is InChI=1S/C23H24N2O5/c1-13(2)11-25-21(27)17-7-6-16(10-18(17)22(25)28)23(29)30-12-20(26)24-19-8-5-14(3)9-15(19)4/h5-10,13H,11-12H2,1-4H3,(H,24,26). The monoisotopic (exact) mass is 408 g/mol. The van der Waals surface area contributed by atoms with E-state index in [1.54, 1.807) is 6.07 Å². The molecule has 0 saturated heterocycles. The van der Waals surface area contributed by atoms with Gasteiger partial charge in [-0.15, -0.1) is 0 Å². The van der Waals surface area contributed by atoms with Crippen molar-refractivity contribution in [3.8, 4) is 0 Å². The Morgan fingerprint density at radius 1 is 1.00 bits per heavy atom. The van der Waals surface area contributed by atoms with E-state index >= 15 is 0 Å². The average Bonchev–Trinajstić information content (AvgIpc) is 2.92. The largest absolute Gasteiger partial charge is 0.452 e. The number of benzene rings is 2. The lowest BCUT2D eigenvalue weighted by molar-refractivity contribution is -0.119. The highest BCUT2D eigenvalue weighted by Gasteiger charge is 2.36. The molecule has 0 aromatic heterocycles. The van der Waals surface area contributed by atoms with Crippen LogP contribution in [0.5, 0.6) is 0 Å². The normalized spacial score (nSPS) is 12.9. The Morgan fingerprint density at radius 2 is 1.70 bits per heavy atom. The van der Waals surface area contributed by atoms with Crippen molar-refractivity contribution in [1.29, 1.82) is 0 Å². The second-order valence-electron chi connectivity index (χ2n) is 7.82. The number of hydrogen-bond acceptors (Lipinski definition) is 5. The molecule has 1 aliphatic rings. The van der Waals surface area contributed by atoms with Crippen molar-refractivity contribution >= 4 is 29.4 Å². The predicted molar refractivity (Wildman–Crippen MR) is 111 cm³/mol. The van der Waals surface area contributed by atoms with Crippen LogP contribution in [-0.2, 0) is 9.53 Å². The van der Waals surface area contributed by atoms with Gasteiger partial charge in [0, 0.05) is 12.2 Å². The Kier molecular flexibility index (Phi) is 6.01. The fourth-order valence-electron chi connectivity index (χ4n) is 3.30. The number of nitrogens with zero attached hydrogens (tertiary/aromatic N) is 1. The van der Waals surface area contributed by atoms with Crippen LogP contribution < -0.4 is 5.32 Å². The second-order valence-corrected chi connectivity index (χ2v) is 7.82. The smallest absolute Gasteiger partial charge is 0.338 e. The third-order valence-corrected chi connectivity index (χ3v) is 4.74. The summed E-state index contributed by atoms with van der Waals surface area (Å²) in [5.74, 6) is -1.86. The molecule has 0 unspecified atom stereocenters. The van der Waals surface area contributed by atoms with Gasteiger partial charge in [0.05, 0.1) is 16.7 Å². The maximum atomic E-state index is 12.5. The van der Waals surface area contributed by atoms with Gasteiger partial charge in [-0.1, -0.05) is 31.5 Å². The number of imide groups is 1. The van der Waals surface area contributed by atoms with Crippen molar-refractivity contribution < 1.29 is 23.9 Å². The van der Waals surface area contributed by atoms with Crippen molar-refractivity contribution in [2.75, 3.05) is 18.5 Å². The topological polar surface area (TPSA) is 92.8 Å². The molecule has 156 valence electrons. The van der Waals surface area contributed by atoms with Crippen molar-refractivity contribution in [3.05, 3.63) is 64.2 Å². The van der Waals surface area contributed by atoms with Crippen molar-refractivity contribution in [3.63, 3.8) is 0 Å². The molecule has 0 atom stereocenters. The van der Waals surface area contributed by atoms with Gasteiger partial charge in [0.15, 0.2) is 6.61 Å². The van der Waals surface area contributed by atoms with E-state index in [0.717, 1.165) is 11.1 Å². The number of ether oxygens (including phenoxy) is 1. The first-order valence-electron chi connectivity index (χ1n) is 9.72. The number of carbonyl (C=O) groups is 4. The molecule has 0 spiro atoms. The van der Waals surface area contributed by atoms with Gasteiger partial charge >= 0.3 is 5.97 Å². The van der Waals surface area contributed by atoms with Crippen LogP contribution >= 0.6 is 0 Å². The maximum Gasteiger partial charge on any atom is 0.338 e. The molecule has 7 heteroatoms. The van der Waals surface area contributed by atoms with Crippen LogP contribution in [0, 0.1) is 19.8 Å². The van der Waals surface area contributed by atoms with E-state index in [9.17, 15) is 19.2 Å². The zero-order chi connectivity index (χ0) is 22.0. The zero-order valence-corrected chi connectivity index (χ0v) is 17.4. The van der Waals surface area contributed by atoms with Gasteiger partial charge < -0.3 is 10.1 Å². The minimum Gasteiger partial charge on any atom is -0.452 e. The first-order chi connectivity index (χ1) is 14.2. The van der Waals surface area contributed by atoms with Crippen LogP contribution in [0.3, 0.4) is 0 Å². The number of carbonyl (C=O) groups excluding carboxylic acids is 4. The minimum absolute atomic E-state index is 0.112. The summed E-state index contributed by atoms with van der Waals surface area (Å²) in [5.41, 5.74) is 3.18. The van der Waals surface area contributed by atoms with Crippen LogP contribution in [0.1, 0.15) is 56.0 Å². The van der Waals surface area contributed by atoms with Crippen LogP contribution in [-0.4, -0.2) is 41.7 Å². The van der Waals surface area contributed by atoms with Gasteiger partial charge in [-0.25, -0.2) is 4.79 Å². The Hall–Kier alpha value is -3.48. The van der Waals surface area contributed by atoms with E-state index in [1.165, 1.54) is 23.1 Å². The van der Waals surface area contributed by atoms with E-state index < -0.39 is 24.4 Å². The number of rotatable bonds is 6. The summed E-state index contributed by atoms with van der Waals surface area (Å²) >= 11 is 0. The van der Waals surface area contributed by atoms with E-state index in [2.05, 4.69) is 5.32 Å². The van der Waals surface area contributed by atoms with E-state index in [4.69, 9.17) is 4.74 Å². The molecule has 1 N–H and O–H groups in total. The molecule has 0 aliphatic carbocycles. The average molecular weight is 408 g/mol. The van der Waals surface area contributed by atoms with Crippen LogP contribution in [0.25, 0.3) is 0 Å². The Labute approximate surface area is 175 Å². The lowest BCUT2D eigenvalue weighted by Crippen LogP contribution is -2.33. The van der Waals surface area contributed by atoms with Crippen molar-refractivity contribution in [1.82, 2.24) is 4.90 Å². The molecule has 7 nitrogen and oxygen atoms in total. The third-order valence-electron chi connectivity index (χ3n) is 4.74. The quantitative estimate of drug-likeness (QED) is 0.584. The summed E-state index contributed by atoms with van der Waals surface area (Å²) < 4.78 is 5.08. The number of nitrogens with one attached hydrogen (secondary N) is 1. The first-order valence-corrected chi connectivity index (χ1v) is 9.72. The van der Waals surface area contributed by atoms with E-state index in [-0.39, 0.29) is 28.5 Å². The fraction of sp³-hybridized carbons (Fsp3) is 0.304. The molecule has 30 heavy (non-hydrogen) atoms. The highest BCUT2D eigenvalue weighted by molar-refractivity contribution is 6.22. The molecular formula is C23H24N2O5. The first kappa shape index (κ1) is 21.2. The molecule has 3 rings (SSSR count). The van der Waals surface area contributed by atoms with Gasteiger partial charge in [-0.2, -0.15) is 0 Å². The molecular weight excluding hydrogens is 384 g/mol. The summed E-state index contributed by atoms with van der Waals surface area (Å²) in [6.07, 6.45) is 0. The maximum absolute atomic E-state index is 12.5. The number of anilines is 1. The van der Waals surface area contributed by atoms with Gasteiger partial charge in [-0.3, -0.25) is 19.3 Å². The van der Waals surface area contributed by atoms with Crippen LogP contribution in [0.4, 0.5) is 5.69 Å². The molecule has 3 amide bonds. The third kappa shape index (κ3) is 4.40. The second kappa shape index (κ2) is 8.49. The molecule has 2 aromatic carbocycles. The Balaban J connectivity index is 1.64. The van der Waals surface area contributed by atoms with Gasteiger partial charge in [0.1, 0.15) is 0 Å². The SMILES string of the molecule is Cc1ccc(NC(=O)COC(=O)c2ccc3c(c2)C(=O)N(CC(C)C)C3=O)c(C)c1. The van der Waals surface area contributed by atoms with Crippen LogP contribution in [0.15, 0.2) is 36.4 Å². The van der Waals surface area contributed by atoms with Gasteiger partial charge in [0.25, 0.3) is 17.7 Å².